The van der Waals surface area contributed by atoms with E-state index in [1.54, 1.807) is 6.07 Å². The summed E-state index contributed by atoms with van der Waals surface area (Å²) >= 11 is 3.25. The van der Waals surface area contributed by atoms with Crippen LogP contribution in [0.5, 0.6) is 0 Å². The van der Waals surface area contributed by atoms with E-state index in [0.29, 0.717) is 24.3 Å². The monoisotopic (exact) mass is 313 g/mol. The lowest BCUT2D eigenvalue weighted by molar-refractivity contribution is -0.126. The zero-order valence-electron chi connectivity index (χ0n) is 10.5. The van der Waals surface area contributed by atoms with Crippen LogP contribution in [0.1, 0.15) is 25.3 Å². The number of benzene rings is 1. The molecule has 0 aliphatic carbocycles. The molecule has 0 spiro atoms. The molecule has 1 atom stereocenters. The van der Waals surface area contributed by atoms with E-state index in [-0.39, 0.29) is 11.7 Å². The van der Waals surface area contributed by atoms with Crippen molar-refractivity contribution in [3.8, 4) is 0 Å². The maximum absolute atomic E-state index is 13.7. The number of piperidine rings is 1. The zero-order valence-corrected chi connectivity index (χ0v) is 12.0. The molecule has 2 nitrogen and oxygen atoms in total. The van der Waals surface area contributed by atoms with Crippen molar-refractivity contribution in [2.45, 2.75) is 26.3 Å². The van der Waals surface area contributed by atoms with Gasteiger partial charge in [0.15, 0.2) is 0 Å². The number of nitrogens with zero attached hydrogens (tertiary/aromatic N) is 1. The second-order valence-electron chi connectivity index (χ2n) is 4.79. The molecule has 4 heteroatoms. The Balaban J connectivity index is 2.03. The van der Waals surface area contributed by atoms with E-state index in [4.69, 9.17) is 0 Å². The summed E-state index contributed by atoms with van der Waals surface area (Å²) in [6, 6.07) is 5.14. The van der Waals surface area contributed by atoms with Crippen LogP contribution in [0.2, 0.25) is 0 Å². The maximum Gasteiger partial charge on any atom is 0.138 e. The Morgan fingerprint density at radius 3 is 2.94 bits per heavy atom. The number of hydrogen-bond acceptors (Lipinski definition) is 2. The first-order chi connectivity index (χ1) is 8.60. The van der Waals surface area contributed by atoms with Crippen LogP contribution in [0.25, 0.3) is 0 Å². The molecular weight excluding hydrogens is 297 g/mol. The second-order valence-corrected chi connectivity index (χ2v) is 5.71. The Labute approximate surface area is 115 Å². The molecule has 98 valence electrons. The van der Waals surface area contributed by atoms with Crippen molar-refractivity contribution in [2.75, 3.05) is 13.1 Å². The van der Waals surface area contributed by atoms with Crippen molar-refractivity contribution in [1.82, 2.24) is 4.90 Å². The van der Waals surface area contributed by atoms with Crippen LogP contribution in [-0.4, -0.2) is 23.8 Å². The van der Waals surface area contributed by atoms with Crippen molar-refractivity contribution in [2.24, 2.45) is 5.92 Å². The fraction of sp³-hybridized carbons (Fsp3) is 0.500. The molecule has 0 aromatic heterocycles. The molecule has 1 aromatic carbocycles. The van der Waals surface area contributed by atoms with E-state index in [9.17, 15) is 9.18 Å². The average molecular weight is 314 g/mol. The first-order valence-corrected chi connectivity index (χ1v) is 7.08. The van der Waals surface area contributed by atoms with Crippen molar-refractivity contribution in [3.05, 3.63) is 34.1 Å². The lowest BCUT2D eigenvalue weighted by Gasteiger charge is -2.31. The van der Waals surface area contributed by atoms with Gasteiger partial charge in [0.05, 0.1) is 0 Å². The Bertz CT molecular complexity index is 449. The molecular formula is C14H17BrFNO. The molecule has 1 fully saturated rings. The largest absolute Gasteiger partial charge is 0.299 e. The second kappa shape index (κ2) is 5.93. The van der Waals surface area contributed by atoms with Gasteiger partial charge in [0.1, 0.15) is 11.6 Å². The van der Waals surface area contributed by atoms with Crippen molar-refractivity contribution in [1.29, 1.82) is 0 Å². The summed E-state index contributed by atoms with van der Waals surface area (Å²) in [6.07, 6.45) is 1.47. The van der Waals surface area contributed by atoms with Crippen LogP contribution in [0.4, 0.5) is 4.39 Å². The number of rotatable bonds is 3. The van der Waals surface area contributed by atoms with Crippen molar-refractivity contribution in [3.63, 3.8) is 0 Å². The molecule has 1 heterocycles. The normalized spacial score (nSPS) is 21.3. The van der Waals surface area contributed by atoms with Crippen molar-refractivity contribution < 1.29 is 9.18 Å². The van der Waals surface area contributed by atoms with E-state index < -0.39 is 0 Å². The molecule has 1 unspecified atom stereocenters. The molecule has 0 radical (unpaired) electrons. The van der Waals surface area contributed by atoms with E-state index in [1.165, 1.54) is 6.07 Å². The zero-order chi connectivity index (χ0) is 13.1. The van der Waals surface area contributed by atoms with Gasteiger partial charge in [-0.1, -0.05) is 28.9 Å². The Morgan fingerprint density at radius 1 is 1.50 bits per heavy atom. The quantitative estimate of drug-likeness (QED) is 0.852. The predicted octanol–water partition coefficient (Wildman–Crippen LogP) is 3.39. The standard InChI is InChI=1S/C14H17BrFNO/c1-2-10-8-17(6-5-14(10)18)9-11-3-4-12(15)7-13(11)16/h3-4,7,10H,2,5-6,8-9H2,1H3. The van der Waals surface area contributed by atoms with Crippen LogP contribution in [0.3, 0.4) is 0 Å². The first-order valence-electron chi connectivity index (χ1n) is 6.29. The number of hydrogen-bond donors (Lipinski definition) is 0. The SMILES string of the molecule is CCC1CN(Cc2ccc(Br)cc2F)CCC1=O. The molecule has 1 aliphatic heterocycles. The Morgan fingerprint density at radius 2 is 2.28 bits per heavy atom. The van der Waals surface area contributed by atoms with Crippen molar-refractivity contribution >= 4 is 21.7 Å². The van der Waals surface area contributed by atoms with Crippen LogP contribution in [0, 0.1) is 11.7 Å². The topological polar surface area (TPSA) is 20.3 Å². The molecule has 0 amide bonds. The van der Waals surface area contributed by atoms with E-state index >= 15 is 0 Å². The highest BCUT2D eigenvalue weighted by atomic mass is 79.9. The van der Waals surface area contributed by atoms with Gasteiger partial charge in [-0.05, 0) is 18.6 Å². The Kier molecular flexibility index (Phi) is 4.51. The molecule has 2 rings (SSSR count). The van der Waals surface area contributed by atoms with Gasteiger partial charge < -0.3 is 0 Å². The van der Waals surface area contributed by atoms with Gasteiger partial charge in [-0.15, -0.1) is 0 Å². The van der Waals surface area contributed by atoms with Gasteiger partial charge in [0.25, 0.3) is 0 Å². The van der Waals surface area contributed by atoms with Gasteiger partial charge in [0, 0.05) is 42.0 Å². The molecule has 1 aromatic rings. The summed E-state index contributed by atoms with van der Waals surface area (Å²) in [5, 5.41) is 0. The third kappa shape index (κ3) is 3.18. The molecule has 1 saturated heterocycles. The van der Waals surface area contributed by atoms with E-state index in [1.807, 2.05) is 13.0 Å². The lowest BCUT2D eigenvalue weighted by Crippen LogP contribution is -2.40. The minimum atomic E-state index is -0.186. The highest BCUT2D eigenvalue weighted by Crippen LogP contribution is 2.21. The summed E-state index contributed by atoms with van der Waals surface area (Å²) in [5.74, 6) is 0.289. The highest BCUT2D eigenvalue weighted by molar-refractivity contribution is 9.10. The average Bonchev–Trinajstić information content (AvgIpc) is 2.35. The summed E-state index contributed by atoms with van der Waals surface area (Å²) in [7, 11) is 0. The van der Waals surface area contributed by atoms with Gasteiger partial charge in [-0.25, -0.2) is 4.39 Å². The predicted molar refractivity (Wildman–Crippen MR) is 72.8 cm³/mol. The van der Waals surface area contributed by atoms with Crippen LogP contribution >= 0.6 is 15.9 Å². The van der Waals surface area contributed by atoms with Crippen LogP contribution in [-0.2, 0) is 11.3 Å². The van der Waals surface area contributed by atoms with E-state index in [2.05, 4.69) is 20.8 Å². The lowest BCUT2D eigenvalue weighted by atomic mass is 9.94. The first kappa shape index (κ1) is 13.7. The number of Topliss-reactive ketones (excluding diaryl/α,β-unsaturated/α-hetero) is 1. The molecule has 0 saturated carbocycles. The molecule has 0 bridgehead atoms. The van der Waals surface area contributed by atoms with E-state index in [0.717, 1.165) is 24.0 Å². The summed E-state index contributed by atoms with van der Waals surface area (Å²) in [5.41, 5.74) is 0.697. The maximum atomic E-state index is 13.7. The highest BCUT2D eigenvalue weighted by Gasteiger charge is 2.25. The third-order valence-corrected chi connectivity index (χ3v) is 4.00. The summed E-state index contributed by atoms with van der Waals surface area (Å²) in [6.45, 7) is 4.12. The van der Waals surface area contributed by atoms with Gasteiger partial charge >= 0.3 is 0 Å². The number of halogens is 2. The molecule has 1 aliphatic rings. The fourth-order valence-corrected chi connectivity index (χ4v) is 2.70. The smallest absolute Gasteiger partial charge is 0.138 e. The molecule has 18 heavy (non-hydrogen) atoms. The number of likely N-dealkylation sites (tertiary alicyclic amines) is 1. The fourth-order valence-electron chi connectivity index (χ4n) is 2.37. The number of carbonyl (C=O) groups is 1. The van der Waals surface area contributed by atoms with Gasteiger partial charge in [-0.3, -0.25) is 9.69 Å². The summed E-state index contributed by atoms with van der Waals surface area (Å²) < 4.78 is 14.5. The summed E-state index contributed by atoms with van der Waals surface area (Å²) in [4.78, 5) is 13.8. The minimum absolute atomic E-state index is 0.122. The number of carbonyl (C=O) groups excluding carboxylic acids is 1. The Hall–Kier alpha value is -0.740. The third-order valence-electron chi connectivity index (χ3n) is 3.51. The van der Waals surface area contributed by atoms with Gasteiger partial charge in [0.2, 0.25) is 0 Å². The number of ketones is 1. The molecule has 0 N–H and O–H groups in total. The minimum Gasteiger partial charge on any atom is -0.299 e. The van der Waals surface area contributed by atoms with Crippen LogP contribution < -0.4 is 0 Å². The van der Waals surface area contributed by atoms with Crippen LogP contribution in [0.15, 0.2) is 22.7 Å². The van der Waals surface area contributed by atoms with Gasteiger partial charge in [-0.2, -0.15) is 0 Å².